The predicted octanol–water partition coefficient (Wildman–Crippen LogP) is 1.13. The Balaban J connectivity index is 2.43. The minimum absolute atomic E-state index is 0.393. The van der Waals surface area contributed by atoms with E-state index >= 15 is 0 Å². The van der Waals surface area contributed by atoms with Crippen LogP contribution in [-0.2, 0) is 9.53 Å². The highest BCUT2D eigenvalue weighted by Gasteiger charge is 2.20. The second-order valence-electron chi connectivity index (χ2n) is 3.90. The summed E-state index contributed by atoms with van der Waals surface area (Å²) < 4.78 is 5.01. The number of amides is 3. The van der Waals surface area contributed by atoms with Gasteiger partial charge in [-0.05, 0) is 18.9 Å². The predicted molar refractivity (Wildman–Crippen MR) is 65.0 cm³/mol. The molecule has 1 atom stereocenters. The van der Waals surface area contributed by atoms with Crippen LogP contribution in [0.3, 0.4) is 0 Å². The van der Waals surface area contributed by atoms with E-state index in [1.165, 1.54) is 12.5 Å². The lowest BCUT2D eigenvalue weighted by atomic mass is 10.1. The first-order valence-electron chi connectivity index (χ1n) is 5.45. The maximum absolute atomic E-state index is 11.7. The smallest absolute Gasteiger partial charge is 0.324 e. The fourth-order valence-electron chi connectivity index (χ4n) is 1.50. The first-order chi connectivity index (χ1) is 8.04. The lowest BCUT2D eigenvalue weighted by Crippen LogP contribution is -2.46. The average molecular weight is 261 g/mol. The van der Waals surface area contributed by atoms with Crippen molar-refractivity contribution in [2.45, 2.75) is 18.7 Å². The number of rotatable bonds is 3. The summed E-state index contributed by atoms with van der Waals surface area (Å²) in [4.78, 5) is 24.5. The van der Waals surface area contributed by atoms with Crippen LogP contribution in [0, 0.1) is 0 Å². The number of carbonyl (C=O) groups is 2. The maximum atomic E-state index is 11.7. The third-order valence-corrected chi connectivity index (χ3v) is 2.71. The van der Waals surface area contributed by atoms with E-state index in [4.69, 9.17) is 16.3 Å². The number of nitrogens with zero attached hydrogens (tertiary/aromatic N) is 1. The molecule has 1 N–H and O–H groups in total. The summed E-state index contributed by atoms with van der Waals surface area (Å²) >= 11 is 5.56. The normalized spacial score (nSPS) is 17.4. The summed E-state index contributed by atoms with van der Waals surface area (Å²) in [5.74, 6) is -0.469. The number of halogens is 1. The van der Waals surface area contributed by atoms with E-state index in [1.807, 2.05) is 6.08 Å². The molecule has 5 nitrogen and oxygen atoms in total. The Morgan fingerprint density at radius 1 is 1.65 bits per heavy atom. The van der Waals surface area contributed by atoms with Crippen molar-refractivity contribution in [1.29, 1.82) is 0 Å². The van der Waals surface area contributed by atoms with Gasteiger partial charge in [0.25, 0.3) is 0 Å². The third-order valence-electron chi connectivity index (χ3n) is 2.51. The molecule has 6 heteroatoms. The van der Waals surface area contributed by atoms with Gasteiger partial charge in [0.2, 0.25) is 5.91 Å². The van der Waals surface area contributed by atoms with Gasteiger partial charge in [-0.2, -0.15) is 0 Å². The minimum Gasteiger partial charge on any atom is -0.380 e. The number of nitrogens with one attached hydrogen (secondary N) is 1. The lowest BCUT2D eigenvalue weighted by Gasteiger charge is -2.26. The van der Waals surface area contributed by atoms with Crippen molar-refractivity contribution in [1.82, 2.24) is 10.2 Å². The van der Waals surface area contributed by atoms with Crippen molar-refractivity contribution in [2.24, 2.45) is 0 Å². The molecule has 0 saturated carbocycles. The summed E-state index contributed by atoms with van der Waals surface area (Å²) in [6.07, 6.45) is 2.72. The van der Waals surface area contributed by atoms with Crippen LogP contribution in [0.15, 0.2) is 11.6 Å². The Morgan fingerprint density at radius 3 is 2.82 bits per heavy atom. The Morgan fingerprint density at radius 2 is 2.35 bits per heavy atom. The second kappa shape index (κ2) is 6.61. The molecule has 96 valence electrons. The molecule has 17 heavy (non-hydrogen) atoms. The van der Waals surface area contributed by atoms with Crippen molar-refractivity contribution in [2.75, 3.05) is 26.8 Å². The summed E-state index contributed by atoms with van der Waals surface area (Å²) in [5, 5.41) is 1.55. The molecule has 0 aromatic heterocycles. The molecule has 0 aliphatic carbocycles. The highest BCUT2D eigenvalue weighted by molar-refractivity contribution is 6.31. The fourth-order valence-corrected chi connectivity index (χ4v) is 1.55. The molecule has 1 aliphatic rings. The molecule has 3 amide bonds. The van der Waals surface area contributed by atoms with Crippen LogP contribution in [0.25, 0.3) is 0 Å². The molecular formula is C11H17ClN2O3. The zero-order valence-electron chi connectivity index (χ0n) is 10.0. The van der Waals surface area contributed by atoms with Gasteiger partial charge in [0.1, 0.15) is 5.38 Å². The average Bonchev–Trinajstić information content (AvgIpc) is 2.30. The van der Waals surface area contributed by atoms with Gasteiger partial charge in [-0.3, -0.25) is 10.1 Å². The van der Waals surface area contributed by atoms with Crippen LogP contribution >= 0.6 is 11.6 Å². The highest BCUT2D eigenvalue weighted by Crippen LogP contribution is 2.10. The van der Waals surface area contributed by atoms with Gasteiger partial charge >= 0.3 is 6.03 Å². The summed E-state index contributed by atoms with van der Waals surface area (Å²) in [6, 6.07) is -0.393. The summed E-state index contributed by atoms with van der Waals surface area (Å²) in [5.41, 5.74) is 1.17. The van der Waals surface area contributed by atoms with E-state index in [1.54, 1.807) is 12.0 Å². The van der Waals surface area contributed by atoms with E-state index in [-0.39, 0.29) is 0 Å². The van der Waals surface area contributed by atoms with Crippen LogP contribution in [-0.4, -0.2) is 49.0 Å². The lowest BCUT2D eigenvalue weighted by molar-refractivity contribution is -0.119. The molecule has 1 rings (SSSR count). The molecule has 0 spiro atoms. The number of ether oxygens (including phenoxy) is 1. The van der Waals surface area contributed by atoms with E-state index in [0.717, 1.165) is 6.42 Å². The van der Waals surface area contributed by atoms with Crippen molar-refractivity contribution in [3.8, 4) is 0 Å². The molecule has 0 bridgehead atoms. The van der Waals surface area contributed by atoms with E-state index in [0.29, 0.717) is 19.7 Å². The van der Waals surface area contributed by atoms with Crippen molar-refractivity contribution >= 4 is 23.5 Å². The van der Waals surface area contributed by atoms with Gasteiger partial charge < -0.3 is 9.64 Å². The van der Waals surface area contributed by atoms with Gasteiger partial charge in [0.05, 0.1) is 6.61 Å². The molecule has 1 unspecified atom stereocenters. The largest absolute Gasteiger partial charge is 0.380 e. The van der Waals surface area contributed by atoms with Crippen LogP contribution in [0.5, 0.6) is 0 Å². The third kappa shape index (κ3) is 4.36. The molecule has 0 saturated heterocycles. The fraction of sp³-hybridized carbons (Fsp3) is 0.636. The number of carbonyl (C=O) groups excluding carboxylic acids is 2. The van der Waals surface area contributed by atoms with Gasteiger partial charge in [0.15, 0.2) is 0 Å². The van der Waals surface area contributed by atoms with E-state index < -0.39 is 17.3 Å². The Labute approximate surface area is 106 Å². The van der Waals surface area contributed by atoms with Gasteiger partial charge in [-0.1, -0.05) is 6.08 Å². The minimum atomic E-state index is -0.705. The maximum Gasteiger partial charge on any atom is 0.324 e. The van der Waals surface area contributed by atoms with Gasteiger partial charge in [-0.25, -0.2) is 4.79 Å². The Hall–Kier alpha value is -1.07. The molecule has 1 aliphatic heterocycles. The molecule has 0 aromatic carbocycles. The topological polar surface area (TPSA) is 58.6 Å². The number of hydrogen-bond donors (Lipinski definition) is 1. The number of imide groups is 1. The first kappa shape index (κ1) is 14.0. The van der Waals surface area contributed by atoms with Crippen LogP contribution in [0.1, 0.15) is 13.3 Å². The number of urea groups is 1. The van der Waals surface area contributed by atoms with Crippen molar-refractivity contribution in [3.05, 3.63) is 11.6 Å². The first-order valence-corrected chi connectivity index (χ1v) is 5.89. The van der Waals surface area contributed by atoms with Crippen molar-refractivity contribution in [3.63, 3.8) is 0 Å². The summed E-state index contributed by atoms with van der Waals surface area (Å²) in [7, 11) is 1.64. The van der Waals surface area contributed by atoms with Gasteiger partial charge in [0, 0.05) is 20.2 Å². The molecule has 1 heterocycles. The standard InChI is InChI=1S/C11H17ClN2O3/c1-8(12)10(15)13-11(16)14-5-3-9(4-6-14)7-17-2/h3,8H,4-7H2,1-2H3,(H,13,15,16). The van der Waals surface area contributed by atoms with Gasteiger partial charge in [-0.15, -0.1) is 11.6 Å². The van der Waals surface area contributed by atoms with E-state index in [9.17, 15) is 9.59 Å². The number of hydrogen-bond acceptors (Lipinski definition) is 3. The van der Waals surface area contributed by atoms with Crippen LogP contribution in [0.2, 0.25) is 0 Å². The zero-order valence-corrected chi connectivity index (χ0v) is 10.8. The highest BCUT2D eigenvalue weighted by atomic mass is 35.5. The molecule has 0 radical (unpaired) electrons. The SMILES string of the molecule is COCC1=CCN(C(=O)NC(=O)C(C)Cl)CC1. The number of alkyl halides is 1. The zero-order chi connectivity index (χ0) is 12.8. The second-order valence-corrected chi connectivity index (χ2v) is 4.56. The molecule has 0 aromatic rings. The quantitative estimate of drug-likeness (QED) is 0.611. The van der Waals surface area contributed by atoms with Crippen LogP contribution < -0.4 is 5.32 Å². The Kier molecular flexibility index (Phi) is 5.44. The van der Waals surface area contributed by atoms with Crippen LogP contribution in [0.4, 0.5) is 4.79 Å². The summed E-state index contributed by atoms with van der Waals surface area (Å²) in [6.45, 7) is 3.20. The molecule has 0 fully saturated rings. The molecular weight excluding hydrogens is 244 g/mol. The monoisotopic (exact) mass is 260 g/mol. The Bertz CT molecular complexity index is 329. The van der Waals surface area contributed by atoms with Crippen molar-refractivity contribution < 1.29 is 14.3 Å². The number of methoxy groups -OCH3 is 1. The van der Waals surface area contributed by atoms with E-state index in [2.05, 4.69) is 5.32 Å².